The summed E-state index contributed by atoms with van der Waals surface area (Å²) in [6, 6.07) is 6.39. The minimum atomic E-state index is 0.215. The van der Waals surface area contributed by atoms with Gasteiger partial charge in [0.2, 0.25) is 0 Å². The second-order valence-electron chi connectivity index (χ2n) is 5.19. The second-order valence-corrected chi connectivity index (χ2v) is 5.19. The Bertz CT molecular complexity index is 416. The van der Waals surface area contributed by atoms with Gasteiger partial charge >= 0.3 is 0 Å². The van der Waals surface area contributed by atoms with E-state index in [1.807, 2.05) is 0 Å². The number of carbonyl (C=O) groups is 1. The van der Waals surface area contributed by atoms with Gasteiger partial charge in [-0.05, 0) is 48.8 Å². The fourth-order valence-corrected chi connectivity index (χ4v) is 2.44. The summed E-state index contributed by atoms with van der Waals surface area (Å²) in [5, 5.41) is 0. The second kappa shape index (κ2) is 5.03. The highest BCUT2D eigenvalue weighted by Crippen LogP contribution is 2.38. The number of carbonyl (C=O) groups excluding carboxylic acids is 1. The maximum atomic E-state index is 12.5. The number of benzene rings is 1. The fourth-order valence-electron chi connectivity index (χ4n) is 2.44. The molecule has 0 radical (unpaired) electrons. The van der Waals surface area contributed by atoms with Gasteiger partial charge in [0.15, 0.2) is 5.78 Å². The van der Waals surface area contributed by atoms with Gasteiger partial charge in [-0.2, -0.15) is 0 Å². The Morgan fingerprint density at radius 2 is 2.00 bits per heavy atom. The Balaban J connectivity index is 2.30. The van der Waals surface area contributed by atoms with Crippen LogP contribution in [0.15, 0.2) is 18.2 Å². The highest BCUT2D eigenvalue weighted by molar-refractivity contribution is 5.99. The van der Waals surface area contributed by atoms with E-state index in [2.05, 4.69) is 39.0 Å². The largest absolute Gasteiger partial charge is 0.294 e. The van der Waals surface area contributed by atoms with Gasteiger partial charge in [0.1, 0.15) is 0 Å². The van der Waals surface area contributed by atoms with Gasteiger partial charge in [0.25, 0.3) is 0 Å². The molecule has 1 atom stereocenters. The van der Waals surface area contributed by atoms with Crippen molar-refractivity contribution < 1.29 is 4.79 Å². The van der Waals surface area contributed by atoms with Crippen molar-refractivity contribution in [3.63, 3.8) is 0 Å². The van der Waals surface area contributed by atoms with Gasteiger partial charge in [-0.1, -0.05) is 32.9 Å². The van der Waals surface area contributed by atoms with E-state index in [1.54, 1.807) is 0 Å². The average Bonchev–Trinajstić information content (AvgIpc) is 3.20. The molecule has 0 aromatic heterocycles. The number of hydrogen-bond acceptors (Lipinski definition) is 1. The Kier molecular flexibility index (Phi) is 3.66. The van der Waals surface area contributed by atoms with E-state index in [0.29, 0.717) is 11.7 Å². The van der Waals surface area contributed by atoms with Crippen LogP contribution in [0.1, 0.15) is 55.1 Å². The van der Waals surface area contributed by atoms with E-state index in [-0.39, 0.29) is 5.92 Å². The molecule has 92 valence electrons. The minimum absolute atomic E-state index is 0.215. The normalized spacial score (nSPS) is 16.9. The molecule has 0 aliphatic heterocycles. The first-order chi connectivity index (χ1) is 8.17. The number of hydrogen-bond donors (Lipinski definition) is 0. The van der Waals surface area contributed by atoms with Crippen LogP contribution < -0.4 is 0 Å². The van der Waals surface area contributed by atoms with Crippen molar-refractivity contribution in [1.29, 1.82) is 0 Å². The summed E-state index contributed by atoms with van der Waals surface area (Å²) in [6.45, 7) is 6.36. The summed E-state index contributed by atoms with van der Waals surface area (Å²) in [5.41, 5.74) is 3.46. The lowest BCUT2D eigenvalue weighted by Gasteiger charge is -2.13. The van der Waals surface area contributed by atoms with Crippen LogP contribution in [-0.2, 0) is 12.8 Å². The smallest absolute Gasteiger partial charge is 0.166 e. The van der Waals surface area contributed by atoms with Gasteiger partial charge in [-0.3, -0.25) is 4.79 Å². The number of rotatable bonds is 5. The van der Waals surface area contributed by atoms with Crippen LogP contribution in [0.4, 0.5) is 0 Å². The molecular formula is C16H22O. The number of aryl methyl sites for hydroxylation is 2. The van der Waals surface area contributed by atoms with Crippen molar-refractivity contribution in [3.05, 3.63) is 34.9 Å². The summed E-state index contributed by atoms with van der Waals surface area (Å²) >= 11 is 0. The Labute approximate surface area is 104 Å². The summed E-state index contributed by atoms with van der Waals surface area (Å²) < 4.78 is 0. The van der Waals surface area contributed by atoms with Crippen molar-refractivity contribution in [1.82, 2.24) is 0 Å². The third-order valence-corrected chi connectivity index (χ3v) is 3.97. The number of ketones is 1. The van der Waals surface area contributed by atoms with Gasteiger partial charge in [0.05, 0.1) is 0 Å². The molecule has 1 aromatic carbocycles. The highest BCUT2D eigenvalue weighted by Gasteiger charge is 2.33. The van der Waals surface area contributed by atoms with Crippen LogP contribution >= 0.6 is 0 Å². The first kappa shape index (κ1) is 12.3. The molecule has 1 nitrogen and oxygen atoms in total. The van der Waals surface area contributed by atoms with E-state index < -0.39 is 0 Å². The quantitative estimate of drug-likeness (QED) is 0.698. The molecule has 0 N–H and O–H groups in total. The van der Waals surface area contributed by atoms with E-state index >= 15 is 0 Å². The molecule has 0 saturated heterocycles. The van der Waals surface area contributed by atoms with Crippen molar-refractivity contribution >= 4 is 5.78 Å². The van der Waals surface area contributed by atoms with Crippen LogP contribution in [0.3, 0.4) is 0 Å². The molecule has 17 heavy (non-hydrogen) atoms. The van der Waals surface area contributed by atoms with E-state index in [4.69, 9.17) is 0 Å². The molecule has 0 amide bonds. The zero-order chi connectivity index (χ0) is 12.4. The molecule has 0 spiro atoms. The van der Waals surface area contributed by atoms with E-state index in [9.17, 15) is 4.79 Å². The molecule has 1 unspecified atom stereocenters. The Hall–Kier alpha value is -1.11. The Morgan fingerprint density at radius 3 is 2.53 bits per heavy atom. The zero-order valence-electron chi connectivity index (χ0n) is 11.1. The molecule has 2 rings (SSSR count). The van der Waals surface area contributed by atoms with E-state index in [0.717, 1.165) is 18.4 Å². The van der Waals surface area contributed by atoms with Gasteiger partial charge in [0, 0.05) is 11.5 Å². The Morgan fingerprint density at radius 1 is 1.29 bits per heavy atom. The third-order valence-electron chi connectivity index (χ3n) is 3.97. The van der Waals surface area contributed by atoms with Gasteiger partial charge < -0.3 is 0 Å². The molecule has 1 fully saturated rings. The molecule has 1 aliphatic rings. The average molecular weight is 230 g/mol. The van der Waals surface area contributed by atoms with Crippen LogP contribution in [0.5, 0.6) is 0 Å². The number of Topliss-reactive ketones (excluding diaryl/α,β-unsaturated/α-hetero) is 1. The zero-order valence-corrected chi connectivity index (χ0v) is 11.1. The predicted molar refractivity (Wildman–Crippen MR) is 71.4 cm³/mol. The predicted octanol–water partition coefficient (Wildman–Crippen LogP) is 4.04. The summed E-state index contributed by atoms with van der Waals surface area (Å²) in [4.78, 5) is 12.5. The van der Waals surface area contributed by atoms with Crippen molar-refractivity contribution in [2.24, 2.45) is 11.8 Å². The maximum Gasteiger partial charge on any atom is 0.166 e. The third kappa shape index (κ3) is 2.59. The summed E-state index contributed by atoms with van der Waals surface area (Å²) in [6.07, 6.45) is 4.42. The molecule has 1 heteroatoms. The first-order valence-electron chi connectivity index (χ1n) is 6.83. The van der Waals surface area contributed by atoms with Crippen molar-refractivity contribution in [2.45, 2.75) is 46.5 Å². The molecule has 1 aliphatic carbocycles. The molecule has 0 heterocycles. The first-order valence-corrected chi connectivity index (χ1v) is 6.83. The van der Waals surface area contributed by atoms with E-state index in [1.165, 1.54) is 24.0 Å². The van der Waals surface area contributed by atoms with Crippen LogP contribution in [0.2, 0.25) is 0 Å². The molecule has 1 aromatic rings. The lowest BCUT2D eigenvalue weighted by molar-refractivity contribution is 0.0915. The SMILES string of the molecule is CCc1ccc(CC)c(C(=O)C(C)C2CC2)c1. The van der Waals surface area contributed by atoms with Crippen molar-refractivity contribution in [3.8, 4) is 0 Å². The van der Waals surface area contributed by atoms with Crippen molar-refractivity contribution in [2.75, 3.05) is 0 Å². The van der Waals surface area contributed by atoms with Gasteiger partial charge in [-0.25, -0.2) is 0 Å². The monoisotopic (exact) mass is 230 g/mol. The topological polar surface area (TPSA) is 17.1 Å². The van der Waals surface area contributed by atoms with Gasteiger partial charge in [-0.15, -0.1) is 0 Å². The fraction of sp³-hybridized carbons (Fsp3) is 0.562. The van der Waals surface area contributed by atoms with Crippen LogP contribution in [-0.4, -0.2) is 5.78 Å². The standard InChI is InChI=1S/C16H22O/c1-4-12-6-7-13(5-2)15(10-12)16(17)11(3)14-8-9-14/h6-7,10-11,14H,4-5,8-9H2,1-3H3. The van der Waals surface area contributed by atoms with Crippen LogP contribution in [0.25, 0.3) is 0 Å². The minimum Gasteiger partial charge on any atom is -0.294 e. The molecule has 1 saturated carbocycles. The molecular weight excluding hydrogens is 208 g/mol. The lowest BCUT2D eigenvalue weighted by atomic mass is 9.90. The lowest BCUT2D eigenvalue weighted by Crippen LogP contribution is -2.15. The summed E-state index contributed by atoms with van der Waals surface area (Å²) in [7, 11) is 0. The maximum absolute atomic E-state index is 12.5. The highest BCUT2D eigenvalue weighted by atomic mass is 16.1. The van der Waals surface area contributed by atoms with Crippen LogP contribution in [0, 0.1) is 11.8 Å². The molecule has 0 bridgehead atoms. The summed E-state index contributed by atoms with van der Waals surface area (Å²) in [5.74, 6) is 1.23.